The van der Waals surface area contributed by atoms with Crippen molar-refractivity contribution in [3.05, 3.63) is 26.6 Å². The second-order valence-electron chi connectivity index (χ2n) is 5.31. The third-order valence-corrected chi connectivity index (χ3v) is 6.00. The van der Waals surface area contributed by atoms with Crippen LogP contribution in [0.4, 0.5) is 0 Å². The molecule has 8 heteroatoms. The highest BCUT2D eigenvalue weighted by Gasteiger charge is 2.24. The molecule has 2 aromatic rings. The molecule has 6 nitrogen and oxygen atoms in total. The summed E-state index contributed by atoms with van der Waals surface area (Å²) < 4.78 is 1.74. The predicted octanol–water partition coefficient (Wildman–Crippen LogP) is 1.55. The van der Waals surface area contributed by atoms with E-state index < -0.39 is 0 Å². The minimum absolute atomic E-state index is 0.0159. The van der Waals surface area contributed by atoms with Gasteiger partial charge in [0.1, 0.15) is 10.7 Å². The Morgan fingerprint density at radius 1 is 1.41 bits per heavy atom. The molecule has 0 atom stereocenters. The minimum Gasteiger partial charge on any atom is -0.301 e. The Kier molecular flexibility index (Phi) is 3.30. The molecule has 4 heterocycles. The summed E-state index contributed by atoms with van der Waals surface area (Å²) in [6.45, 7) is 3.28. The number of nitrogens with one attached hydrogen (secondary N) is 1. The molecule has 0 aliphatic carbocycles. The highest BCUT2D eigenvalue weighted by Crippen LogP contribution is 2.28. The van der Waals surface area contributed by atoms with Gasteiger partial charge in [0.15, 0.2) is 5.17 Å². The molecule has 0 saturated carbocycles. The first-order chi connectivity index (χ1) is 10.6. The van der Waals surface area contributed by atoms with Crippen LogP contribution < -0.4 is 10.9 Å². The van der Waals surface area contributed by atoms with Gasteiger partial charge in [-0.25, -0.2) is 4.98 Å². The smallest absolute Gasteiger partial charge is 0.267 e. The van der Waals surface area contributed by atoms with Crippen LogP contribution >= 0.6 is 23.1 Å². The molecular weight excluding hydrogens is 320 g/mol. The standard InChI is InChI=1S/C14H14N4O2S2/c1-7-9-12(16-8-3-2-5-18(8)13(9)20)22-10(7)11(19)17-14-15-4-6-21-14/h2-6H2,1H3,(H,15,17,19). The summed E-state index contributed by atoms with van der Waals surface area (Å²) in [5.74, 6) is 1.54. The lowest BCUT2D eigenvalue weighted by atomic mass is 10.2. The van der Waals surface area contributed by atoms with Crippen LogP contribution in [0.25, 0.3) is 10.2 Å². The molecule has 114 valence electrons. The lowest BCUT2D eigenvalue weighted by Crippen LogP contribution is -2.27. The van der Waals surface area contributed by atoms with Gasteiger partial charge in [0.05, 0.1) is 16.8 Å². The molecule has 1 amide bonds. The van der Waals surface area contributed by atoms with Crippen LogP contribution in [0.2, 0.25) is 0 Å². The second-order valence-corrected chi connectivity index (χ2v) is 7.40. The lowest BCUT2D eigenvalue weighted by molar-refractivity contribution is 0.0981. The molecule has 0 aromatic carbocycles. The second kappa shape index (κ2) is 5.20. The number of aliphatic imine (C=N–C) groups is 1. The summed E-state index contributed by atoms with van der Waals surface area (Å²) in [6.07, 6.45) is 1.79. The van der Waals surface area contributed by atoms with Gasteiger partial charge in [-0.1, -0.05) is 11.8 Å². The normalized spacial score (nSPS) is 16.9. The van der Waals surface area contributed by atoms with E-state index in [4.69, 9.17) is 0 Å². The molecule has 0 radical (unpaired) electrons. The first kappa shape index (κ1) is 14.0. The van der Waals surface area contributed by atoms with Crippen molar-refractivity contribution >= 4 is 44.4 Å². The molecule has 0 spiro atoms. The van der Waals surface area contributed by atoms with E-state index in [1.807, 2.05) is 6.92 Å². The number of amidine groups is 1. The largest absolute Gasteiger partial charge is 0.301 e. The van der Waals surface area contributed by atoms with Crippen LogP contribution in [-0.2, 0) is 13.0 Å². The zero-order chi connectivity index (χ0) is 15.3. The van der Waals surface area contributed by atoms with E-state index in [-0.39, 0.29) is 11.5 Å². The van der Waals surface area contributed by atoms with Crippen molar-refractivity contribution in [3.8, 4) is 0 Å². The molecule has 0 fully saturated rings. The van der Waals surface area contributed by atoms with E-state index in [9.17, 15) is 9.59 Å². The van der Waals surface area contributed by atoms with Crippen LogP contribution in [0.15, 0.2) is 9.79 Å². The first-order valence-corrected chi connectivity index (χ1v) is 8.97. The number of thiophene rings is 1. The summed E-state index contributed by atoms with van der Waals surface area (Å²) >= 11 is 2.83. The van der Waals surface area contributed by atoms with Gasteiger partial charge in [-0.05, 0) is 18.9 Å². The van der Waals surface area contributed by atoms with E-state index >= 15 is 0 Å². The highest BCUT2D eigenvalue weighted by molar-refractivity contribution is 8.14. The van der Waals surface area contributed by atoms with E-state index in [1.165, 1.54) is 11.3 Å². The van der Waals surface area contributed by atoms with E-state index in [2.05, 4.69) is 15.3 Å². The Morgan fingerprint density at radius 3 is 3.05 bits per heavy atom. The number of carbonyl (C=O) groups is 1. The van der Waals surface area contributed by atoms with E-state index in [0.717, 1.165) is 43.1 Å². The number of aromatic nitrogens is 2. The van der Waals surface area contributed by atoms with Crippen molar-refractivity contribution in [2.24, 2.45) is 4.99 Å². The molecule has 0 bridgehead atoms. The van der Waals surface area contributed by atoms with Crippen LogP contribution in [-0.4, -0.2) is 32.9 Å². The van der Waals surface area contributed by atoms with Crippen molar-refractivity contribution < 1.29 is 4.79 Å². The van der Waals surface area contributed by atoms with E-state index in [0.29, 0.717) is 20.3 Å². The maximum Gasteiger partial charge on any atom is 0.267 e. The fourth-order valence-corrected chi connectivity index (χ4v) is 4.67. The maximum absolute atomic E-state index is 12.6. The minimum atomic E-state index is -0.196. The maximum atomic E-state index is 12.6. The molecule has 2 aromatic heterocycles. The number of nitrogens with zero attached hydrogens (tertiary/aromatic N) is 3. The zero-order valence-corrected chi connectivity index (χ0v) is 13.6. The Morgan fingerprint density at radius 2 is 2.27 bits per heavy atom. The number of rotatable bonds is 1. The van der Waals surface area contributed by atoms with Gasteiger partial charge in [0.25, 0.3) is 11.5 Å². The number of hydrogen-bond donors (Lipinski definition) is 1. The summed E-state index contributed by atoms with van der Waals surface area (Å²) in [5.41, 5.74) is 0.707. The quantitative estimate of drug-likeness (QED) is 0.858. The van der Waals surface area contributed by atoms with Gasteiger partial charge in [-0.15, -0.1) is 11.3 Å². The van der Waals surface area contributed by atoms with Crippen molar-refractivity contribution in [2.75, 3.05) is 12.3 Å². The Balaban J connectivity index is 1.79. The van der Waals surface area contributed by atoms with Crippen molar-refractivity contribution in [1.29, 1.82) is 0 Å². The highest BCUT2D eigenvalue weighted by atomic mass is 32.2. The fraction of sp³-hybridized carbons (Fsp3) is 0.429. The van der Waals surface area contributed by atoms with E-state index in [1.54, 1.807) is 16.3 Å². The van der Waals surface area contributed by atoms with Crippen molar-refractivity contribution in [1.82, 2.24) is 14.9 Å². The molecule has 2 aliphatic rings. The number of carbonyl (C=O) groups excluding carboxylic acids is 1. The fourth-order valence-electron chi connectivity index (χ4n) is 2.86. The van der Waals surface area contributed by atoms with Gasteiger partial charge in [-0.2, -0.15) is 0 Å². The number of aryl methyl sites for hydroxylation is 2. The van der Waals surface area contributed by atoms with Gasteiger partial charge in [-0.3, -0.25) is 19.1 Å². The summed E-state index contributed by atoms with van der Waals surface area (Å²) in [5, 5.41) is 4.07. The Labute approximate surface area is 134 Å². The first-order valence-electron chi connectivity index (χ1n) is 7.16. The number of thioether (sulfide) groups is 1. The number of fused-ring (bicyclic) bond motifs is 2. The zero-order valence-electron chi connectivity index (χ0n) is 12.0. The monoisotopic (exact) mass is 334 g/mol. The molecule has 0 unspecified atom stereocenters. The molecule has 0 saturated heterocycles. The summed E-state index contributed by atoms with van der Waals surface area (Å²) in [6, 6.07) is 0. The Bertz CT molecular complexity index is 881. The Hall–Kier alpha value is -1.67. The third-order valence-electron chi connectivity index (χ3n) is 3.92. The summed E-state index contributed by atoms with van der Waals surface area (Å²) in [7, 11) is 0. The molecule has 4 rings (SSSR count). The lowest BCUT2D eigenvalue weighted by Gasteiger charge is -2.03. The van der Waals surface area contributed by atoms with Crippen molar-refractivity contribution in [3.63, 3.8) is 0 Å². The molecule has 2 aliphatic heterocycles. The van der Waals surface area contributed by atoms with Crippen molar-refractivity contribution in [2.45, 2.75) is 26.3 Å². The average molecular weight is 334 g/mol. The van der Waals surface area contributed by atoms with Gasteiger partial charge in [0.2, 0.25) is 0 Å². The third kappa shape index (κ3) is 2.09. The SMILES string of the molecule is Cc1c(C(=O)NC2=NCCS2)sc2nc3n(c(=O)c12)CCC3. The molecular formula is C14H14N4O2S2. The molecule has 22 heavy (non-hydrogen) atoms. The molecule has 1 N–H and O–H groups in total. The number of amides is 1. The predicted molar refractivity (Wildman–Crippen MR) is 89.2 cm³/mol. The van der Waals surface area contributed by atoms with Crippen LogP contribution in [0.5, 0.6) is 0 Å². The number of hydrogen-bond acceptors (Lipinski definition) is 6. The average Bonchev–Trinajstić information content (AvgIpc) is 3.19. The summed E-state index contributed by atoms with van der Waals surface area (Å²) in [4.78, 5) is 35.0. The van der Waals surface area contributed by atoms with Crippen LogP contribution in [0.1, 0.15) is 27.5 Å². The topological polar surface area (TPSA) is 76.3 Å². The van der Waals surface area contributed by atoms with Crippen LogP contribution in [0, 0.1) is 6.92 Å². The van der Waals surface area contributed by atoms with Gasteiger partial charge < -0.3 is 5.32 Å². The van der Waals surface area contributed by atoms with Gasteiger partial charge >= 0.3 is 0 Å². The van der Waals surface area contributed by atoms with Crippen LogP contribution in [0.3, 0.4) is 0 Å². The van der Waals surface area contributed by atoms with Gasteiger partial charge in [0, 0.05) is 18.7 Å².